The van der Waals surface area contributed by atoms with Crippen LogP contribution in [0.3, 0.4) is 0 Å². The molecule has 0 amide bonds. The standard InChI is InChI=1S/C22H26N3O6P/c1-14(29-2)19(11-31-32(3,27)28)30-13-25-10-18-17-9-8-15-6-4-5-7-16(15)20(17)22(26)24-21(18)23-12-25/h4-10,14,19H,11-13H2,1-3H3,(H,27,28)(H,23,24,26)/t14-,19?/m1/s1. The summed E-state index contributed by atoms with van der Waals surface area (Å²) in [5.41, 5.74) is 0.364. The Labute approximate surface area is 184 Å². The zero-order valence-corrected chi connectivity index (χ0v) is 19.0. The third kappa shape index (κ3) is 4.77. The Bertz CT molecular complexity index is 1370. The van der Waals surface area contributed by atoms with Crippen LogP contribution >= 0.6 is 7.60 Å². The van der Waals surface area contributed by atoms with Crippen LogP contribution in [0.25, 0.3) is 27.7 Å². The van der Waals surface area contributed by atoms with Crippen LogP contribution in [0.2, 0.25) is 0 Å². The lowest BCUT2D eigenvalue weighted by atomic mass is 10.0. The highest BCUT2D eigenvalue weighted by atomic mass is 31.2. The molecule has 0 aliphatic carbocycles. The van der Waals surface area contributed by atoms with E-state index in [-0.39, 0.29) is 25.0 Å². The van der Waals surface area contributed by atoms with Crippen LogP contribution in [0.4, 0.5) is 0 Å². The van der Waals surface area contributed by atoms with Gasteiger partial charge in [-0.3, -0.25) is 9.36 Å². The minimum atomic E-state index is -3.63. The van der Waals surface area contributed by atoms with Gasteiger partial charge < -0.3 is 28.8 Å². The molecule has 0 saturated carbocycles. The van der Waals surface area contributed by atoms with Crippen molar-refractivity contribution in [3.63, 3.8) is 0 Å². The highest BCUT2D eigenvalue weighted by Crippen LogP contribution is 2.36. The number of ether oxygens (including phenoxy) is 2. The van der Waals surface area contributed by atoms with Gasteiger partial charge >= 0.3 is 7.60 Å². The van der Waals surface area contributed by atoms with Gasteiger partial charge in [-0.05, 0) is 17.7 Å². The molecule has 3 aromatic rings. The van der Waals surface area contributed by atoms with Crippen molar-refractivity contribution >= 4 is 35.3 Å². The smallest absolute Gasteiger partial charge is 0.325 e. The van der Waals surface area contributed by atoms with E-state index in [1.54, 1.807) is 6.92 Å². The van der Waals surface area contributed by atoms with E-state index < -0.39 is 13.7 Å². The average molecular weight is 459 g/mol. The predicted molar refractivity (Wildman–Crippen MR) is 122 cm³/mol. The van der Waals surface area contributed by atoms with E-state index >= 15 is 0 Å². The molecule has 2 N–H and O–H groups in total. The number of H-pyrrole nitrogens is 1. The summed E-state index contributed by atoms with van der Waals surface area (Å²) in [6, 6.07) is 11.7. The topological polar surface area (TPSA) is 113 Å². The first-order valence-electron chi connectivity index (χ1n) is 10.2. The maximum absolute atomic E-state index is 12.8. The van der Waals surface area contributed by atoms with Gasteiger partial charge in [0.15, 0.2) is 0 Å². The summed E-state index contributed by atoms with van der Waals surface area (Å²) < 4.78 is 27.8. The maximum Gasteiger partial charge on any atom is 0.325 e. The lowest BCUT2D eigenvalue weighted by Crippen LogP contribution is -2.43. The molecule has 2 heterocycles. The molecule has 1 aromatic heterocycles. The molecule has 0 bridgehead atoms. The van der Waals surface area contributed by atoms with E-state index in [2.05, 4.69) is 9.98 Å². The fourth-order valence-electron chi connectivity index (χ4n) is 3.70. The first kappa shape index (κ1) is 22.6. The fourth-order valence-corrected chi connectivity index (χ4v) is 4.12. The van der Waals surface area contributed by atoms with E-state index in [1.165, 1.54) is 7.11 Å². The number of nitrogens with zero attached hydrogens (tertiary/aromatic N) is 2. The molecular formula is C22H26N3O6P. The summed E-state index contributed by atoms with van der Waals surface area (Å²) in [7, 11) is -2.09. The lowest BCUT2D eigenvalue weighted by Gasteiger charge is -2.27. The van der Waals surface area contributed by atoms with Crippen LogP contribution in [0, 0.1) is 0 Å². The molecule has 9 nitrogen and oxygen atoms in total. The molecule has 2 aromatic carbocycles. The Morgan fingerprint density at radius 3 is 2.78 bits per heavy atom. The number of rotatable bonds is 8. The molecule has 0 saturated heterocycles. The van der Waals surface area contributed by atoms with Crippen molar-refractivity contribution in [2.24, 2.45) is 4.99 Å². The van der Waals surface area contributed by atoms with Gasteiger partial charge in [0.2, 0.25) is 0 Å². The molecule has 0 fully saturated rings. The molecule has 2 unspecified atom stereocenters. The summed E-state index contributed by atoms with van der Waals surface area (Å²) in [4.78, 5) is 31.5. The minimum absolute atomic E-state index is 0.0803. The molecule has 1 aliphatic rings. The molecule has 1 aliphatic heterocycles. The highest BCUT2D eigenvalue weighted by molar-refractivity contribution is 7.51. The summed E-state index contributed by atoms with van der Waals surface area (Å²) in [5, 5.41) is 4.12. The van der Waals surface area contributed by atoms with Gasteiger partial charge in [-0.15, -0.1) is 0 Å². The maximum atomic E-state index is 12.8. The monoisotopic (exact) mass is 459 g/mol. The van der Waals surface area contributed by atoms with Gasteiger partial charge in [0.05, 0.1) is 18.1 Å². The highest BCUT2D eigenvalue weighted by Gasteiger charge is 2.23. The van der Waals surface area contributed by atoms with Crippen molar-refractivity contribution < 1.29 is 23.5 Å². The number of pyridine rings is 1. The van der Waals surface area contributed by atoms with Crippen molar-refractivity contribution in [1.29, 1.82) is 0 Å². The van der Waals surface area contributed by atoms with Gasteiger partial charge in [-0.1, -0.05) is 36.4 Å². The quantitative estimate of drug-likeness (QED) is 0.388. The second kappa shape index (κ2) is 9.13. The first-order chi connectivity index (χ1) is 15.3. The Balaban J connectivity index is 1.65. The van der Waals surface area contributed by atoms with Gasteiger partial charge in [0.1, 0.15) is 25.0 Å². The van der Waals surface area contributed by atoms with E-state index in [9.17, 15) is 14.3 Å². The van der Waals surface area contributed by atoms with Crippen molar-refractivity contribution in [3.05, 3.63) is 57.5 Å². The predicted octanol–water partition coefficient (Wildman–Crippen LogP) is 1.52. The minimum Gasteiger partial charge on any atom is -0.379 e. The average Bonchev–Trinajstić information content (AvgIpc) is 2.77. The second-order valence-electron chi connectivity index (χ2n) is 7.82. The van der Waals surface area contributed by atoms with Crippen LogP contribution in [-0.2, 0) is 18.6 Å². The summed E-state index contributed by atoms with van der Waals surface area (Å²) in [6.07, 6.45) is 1.01. The third-order valence-electron chi connectivity index (χ3n) is 5.48. The molecule has 0 radical (unpaired) electrons. The Morgan fingerprint density at radius 1 is 1.25 bits per heavy atom. The summed E-state index contributed by atoms with van der Waals surface area (Å²) >= 11 is 0. The number of hydrogen-bond acceptors (Lipinski definition) is 7. The molecule has 4 rings (SSSR count). The van der Waals surface area contributed by atoms with Crippen molar-refractivity contribution in [2.45, 2.75) is 19.1 Å². The van der Waals surface area contributed by atoms with Gasteiger partial charge in [-0.2, -0.15) is 0 Å². The molecular weight excluding hydrogens is 433 g/mol. The van der Waals surface area contributed by atoms with E-state index in [4.69, 9.17) is 14.0 Å². The van der Waals surface area contributed by atoms with Gasteiger partial charge in [0, 0.05) is 30.6 Å². The zero-order valence-electron chi connectivity index (χ0n) is 18.1. The van der Waals surface area contributed by atoms with Crippen LogP contribution in [0.5, 0.6) is 0 Å². The SMILES string of the molecule is CO[C@H](C)C(COP(C)(=O)O)OCN1C=c2c([nH]c(=O)c3c2ccc2ccccc23)=NC1. The van der Waals surface area contributed by atoms with Crippen LogP contribution < -0.4 is 16.3 Å². The Kier molecular flexibility index (Phi) is 6.46. The molecule has 0 spiro atoms. The molecule has 32 heavy (non-hydrogen) atoms. The number of methoxy groups -OCH3 is 1. The number of aromatic amines is 1. The number of nitrogens with one attached hydrogen (secondary N) is 1. The molecule has 3 atom stereocenters. The van der Waals surface area contributed by atoms with Crippen molar-refractivity contribution in [2.75, 3.05) is 33.8 Å². The fraction of sp³-hybridized carbons (Fsp3) is 0.364. The van der Waals surface area contributed by atoms with Gasteiger partial charge in [-0.25, -0.2) is 4.99 Å². The largest absolute Gasteiger partial charge is 0.379 e. The zero-order chi connectivity index (χ0) is 22.9. The Hall–Kier alpha value is -2.55. The van der Waals surface area contributed by atoms with Crippen molar-refractivity contribution in [3.8, 4) is 0 Å². The summed E-state index contributed by atoms with van der Waals surface area (Å²) in [5.74, 6) is 0. The van der Waals surface area contributed by atoms with E-state index in [0.717, 1.165) is 28.0 Å². The van der Waals surface area contributed by atoms with Gasteiger partial charge in [0.25, 0.3) is 5.56 Å². The third-order valence-corrected chi connectivity index (χ3v) is 6.11. The normalized spacial score (nSPS) is 17.3. The van der Waals surface area contributed by atoms with E-state index in [0.29, 0.717) is 17.5 Å². The van der Waals surface area contributed by atoms with Crippen LogP contribution in [0.15, 0.2) is 46.2 Å². The lowest BCUT2D eigenvalue weighted by molar-refractivity contribution is -0.0892. The van der Waals surface area contributed by atoms with E-state index in [1.807, 2.05) is 47.5 Å². The number of hydrogen-bond donors (Lipinski definition) is 2. The van der Waals surface area contributed by atoms with Crippen LogP contribution in [0.1, 0.15) is 6.92 Å². The van der Waals surface area contributed by atoms with Crippen LogP contribution in [-0.4, -0.2) is 60.8 Å². The summed E-state index contributed by atoms with van der Waals surface area (Å²) in [6.45, 7) is 3.31. The number of aromatic nitrogens is 1. The number of fused-ring (bicyclic) bond motifs is 5. The second-order valence-corrected chi connectivity index (χ2v) is 9.68. The Morgan fingerprint density at radius 2 is 2.03 bits per heavy atom. The van der Waals surface area contributed by atoms with Crippen molar-refractivity contribution in [1.82, 2.24) is 9.88 Å². The number of benzene rings is 2. The first-order valence-corrected chi connectivity index (χ1v) is 12.2. The molecule has 170 valence electrons. The molecule has 10 heteroatoms.